The van der Waals surface area contributed by atoms with Gasteiger partial charge in [0.2, 0.25) is 0 Å². The van der Waals surface area contributed by atoms with Crippen LogP contribution in [0.4, 0.5) is 11.4 Å². The average Bonchev–Trinajstić information content (AvgIpc) is 3.27. The maximum absolute atomic E-state index is 13.6. The van der Waals surface area contributed by atoms with E-state index in [1.807, 2.05) is 35.4 Å². The maximum Gasteiger partial charge on any atom is 0.259 e. The standard InChI is InChI=1S/C22H20N6O3S/c1-31-19-10-16(12-24-18(19)11-23)27-20(30)22(5-2-6-22)28(21(27)32)15-3-4-17-14(9-15)13-26(25-17)7-8-29/h3-4,9-10,12-13,29H,2,5-8H2,1H3. The third-order valence-corrected chi connectivity index (χ3v) is 6.50. The summed E-state index contributed by atoms with van der Waals surface area (Å²) in [4.78, 5) is 21.2. The minimum atomic E-state index is -0.729. The number of methoxy groups -OCH3 is 1. The second kappa shape index (κ2) is 7.55. The number of rotatable bonds is 5. The Morgan fingerprint density at radius 3 is 2.78 bits per heavy atom. The Kier molecular flexibility index (Phi) is 4.80. The number of aliphatic hydroxyl groups excluding tert-OH is 1. The van der Waals surface area contributed by atoms with Gasteiger partial charge in [0.1, 0.15) is 11.6 Å². The first-order valence-electron chi connectivity index (χ1n) is 10.2. The lowest BCUT2D eigenvalue weighted by atomic mass is 9.75. The molecule has 0 unspecified atom stereocenters. The summed E-state index contributed by atoms with van der Waals surface area (Å²) in [5.74, 6) is 0.192. The van der Waals surface area contributed by atoms with Gasteiger partial charge in [0.05, 0.1) is 37.7 Å². The van der Waals surface area contributed by atoms with E-state index in [-0.39, 0.29) is 18.2 Å². The molecule has 32 heavy (non-hydrogen) atoms. The van der Waals surface area contributed by atoms with Gasteiger partial charge < -0.3 is 14.7 Å². The molecule has 1 aliphatic heterocycles. The zero-order valence-electron chi connectivity index (χ0n) is 17.4. The molecule has 2 aromatic heterocycles. The normalized spacial score (nSPS) is 17.2. The fourth-order valence-electron chi connectivity index (χ4n) is 4.42. The number of nitriles is 1. The Labute approximate surface area is 189 Å². The van der Waals surface area contributed by atoms with Gasteiger partial charge in [-0.3, -0.25) is 14.4 Å². The molecule has 1 N–H and O–H groups in total. The van der Waals surface area contributed by atoms with E-state index in [0.717, 1.165) is 23.0 Å². The average molecular weight is 449 g/mol. The van der Waals surface area contributed by atoms with Gasteiger partial charge in [-0.05, 0) is 49.7 Å². The van der Waals surface area contributed by atoms with Gasteiger partial charge in [-0.25, -0.2) is 4.98 Å². The Hall–Kier alpha value is -3.55. The minimum Gasteiger partial charge on any atom is -0.494 e. The van der Waals surface area contributed by atoms with E-state index in [1.165, 1.54) is 18.2 Å². The number of carbonyl (C=O) groups excluding carboxylic acids is 1. The number of aromatic nitrogens is 3. The van der Waals surface area contributed by atoms with Crippen LogP contribution in [0.3, 0.4) is 0 Å². The van der Waals surface area contributed by atoms with Gasteiger partial charge in [-0.15, -0.1) is 0 Å². The molecule has 1 saturated carbocycles. The molecule has 1 aromatic carbocycles. The van der Waals surface area contributed by atoms with E-state index >= 15 is 0 Å². The lowest BCUT2D eigenvalue weighted by molar-refractivity contribution is -0.123. The number of fused-ring (bicyclic) bond motifs is 1. The van der Waals surface area contributed by atoms with Crippen LogP contribution in [0.25, 0.3) is 10.9 Å². The molecule has 1 spiro atoms. The number of pyridine rings is 1. The Bertz CT molecular complexity index is 1290. The molecule has 1 amide bonds. The van der Waals surface area contributed by atoms with Gasteiger partial charge in [-0.2, -0.15) is 10.4 Å². The summed E-state index contributed by atoms with van der Waals surface area (Å²) in [6.45, 7) is 0.418. The lowest BCUT2D eigenvalue weighted by Gasteiger charge is -2.43. The van der Waals surface area contributed by atoms with E-state index in [1.54, 1.807) is 10.7 Å². The number of nitrogens with zero attached hydrogens (tertiary/aromatic N) is 6. The third kappa shape index (κ3) is 2.86. The van der Waals surface area contributed by atoms with Crippen molar-refractivity contribution < 1.29 is 14.6 Å². The van der Waals surface area contributed by atoms with Gasteiger partial charge in [0, 0.05) is 23.3 Å². The van der Waals surface area contributed by atoms with Crippen LogP contribution in [0.2, 0.25) is 0 Å². The SMILES string of the molecule is COc1cc(N2C(=O)C3(CCC3)N(c3ccc4nn(CCO)cc4c3)C2=S)cnc1C#N. The van der Waals surface area contributed by atoms with Gasteiger partial charge >= 0.3 is 0 Å². The molecule has 10 heteroatoms. The van der Waals surface area contributed by atoms with E-state index in [4.69, 9.17) is 17.0 Å². The van der Waals surface area contributed by atoms with Gasteiger partial charge in [-0.1, -0.05) is 0 Å². The van der Waals surface area contributed by atoms with Crippen molar-refractivity contribution in [2.75, 3.05) is 23.5 Å². The first-order valence-corrected chi connectivity index (χ1v) is 10.6. The maximum atomic E-state index is 13.6. The topological polar surface area (TPSA) is 108 Å². The number of aliphatic hydroxyl groups is 1. The van der Waals surface area contributed by atoms with Crippen molar-refractivity contribution in [3.63, 3.8) is 0 Å². The lowest BCUT2D eigenvalue weighted by Crippen LogP contribution is -2.55. The molecule has 3 aromatic rings. The molecular weight excluding hydrogens is 428 g/mol. The second-order valence-electron chi connectivity index (χ2n) is 7.86. The van der Waals surface area contributed by atoms with Crippen molar-refractivity contribution in [1.82, 2.24) is 14.8 Å². The van der Waals surface area contributed by atoms with Crippen LogP contribution >= 0.6 is 12.2 Å². The fourth-order valence-corrected chi connectivity index (χ4v) is 4.89. The number of benzene rings is 1. The fraction of sp³-hybridized carbons (Fsp3) is 0.318. The number of carbonyl (C=O) groups is 1. The zero-order valence-corrected chi connectivity index (χ0v) is 18.2. The third-order valence-electron chi connectivity index (χ3n) is 6.14. The van der Waals surface area contributed by atoms with Crippen LogP contribution in [0, 0.1) is 11.3 Å². The molecule has 3 heterocycles. The Morgan fingerprint density at radius 2 is 2.12 bits per heavy atom. The predicted molar refractivity (Wildman–Crippen MR) is 121 cm³/mol. The molecule has 2 aliphatic rings. The second-order valence-corrected chi connectivity index (χ2v) is 8.22. The van der Waals surface area contributed by atoms with Crippen molar-refractivity contribution in [2.45, 2.75) is 31.3 Å². The smallest absolute Gasteiger partial charge is 0.259 e. The number of hydrogen-bond acceptors (Lipinski definition) is 7. The molecule has 5 rings (SSSR count). The van der Waals surface area contributed by atoms with Crippen LogP contribution in [-0.4, -0.2) is 50.1 Å². The highest BCUT2D eigenvalue weighted by molar-refractivity contribution is 7.81. The molecular formula is C22H20N6O3S. The van der Waals surface area contributed by atoms with Crippen molar-refractivity contribution in [1.29, 1.82) is 5.26 Å². The number of ether oxygens (including phenoxy) is 1. The predicted octanol–water partition coefficient (Wildman–Crippen LogP) is 2.36. The van der Waals surface area contributed by atoms with E-state index in [9.17, 15) is 15.2 Å². The van der Waals surface area contributed by atoms with E-state index < -0.39 is 5.54 Å². The number of amides is 1. The first kappa shape index (κ1) is 20.4. The quantitative estimate of drug-likeness (QED) is 0.593. The molecule has 0 atom stereocenters. The molecule has 0 radical (unpaired) electrons. The van der Waals surface area contributed by atoms with Crippen LogP contribution < -0.4 is 14.5 Å². The van der Waals surface area contributed by atoms with Gasteiger partial charge in [0.15, 0.2) is 16.6 Å². The van der Waals surface area contributed by atoms with E-state index in [2.05, 4.69) is 10.1 Å². The van der Waals surface area contributed by atoms with Crippen molar-refractivity contribution in [2.24, 2.45) is 0 Å². The van der Waals surface area contributed by atoms with Crippen molar-refractivity contribution in [3.05, 3.63) is 42.4 Å². The minimum absolute atomic E-state index is 0.00567. The van der Waals surface area contributed by atoms with Crippen molar-refractivity contribution in [3.8, 4) is 11.8 Å². The summed E-state index contributed by atoms with van der Waals surface area (Å²) < 4.78 is 6.97. The van der Waals surface area contributed by atoms with Gasteiger partial charge in [0.25, 0.3) is 5.91 Å². The molecule has 9 nitrogen and oxygen atoms in total. The first-order chi connectivity index (χ1) is 15.5. The highest BCUT2D eigenvalue weighted by Gasteiger charge is 2.59. The van der Waals surface area contributed by atoms with Crippen LogP contribution in [0.15, 0.2) is 36.7 Å². The van der Waals surface area contributed by atoms with Crippen LogP contribution in [0.5, 0.6) is 5.75 Å². The molecule has 0 bridgehead atoms. The Morgan fingerprint density at radius 1 is 1.31 bits per heavy atom. The zero-order chi connectivity index (χ0) is 22.5. The largest absolute Gasteiger partial charge is 0.494 e. The molecule has 1 aliphatic carbocycles. The summed E-state index contributed by atoms with van der Waals surface area (Å²) in [6.07, 6.45) is 5.68. The summed E-state index contributed by atoms with van der Waals surface area (Å²) in [5, 5.41) is 24.1. The summed E-state index contributed by atoms with van der Waals surface area (Å²) in [7, 11) is 1.46. The van der Waals surface area contributed by atoms with Crippen molar-refractivity contribution >= 4 is 45.5 Å². The number of anilines is 2. The number of thiocarbonyl (C=S) groups is 1. The van der Waals surface area contributed by atoms with Crippen LogP contribution in [0.1, 0.15) is 25.0 Å². The molecule has 2 fully saturated rings. The molecule has 162 valence electrons. The monoisotopic (exact) mass is 448 g/mol. The van der Waals surface area contributed by atoms with Crippen LogP contribution in [-0.2, 0) is 11.3 Å². The number of hydrogen-bond donors (Lipinski definition) is 1. The summed E-state index contributed by atoms with van der Waals surface area (Å²) in [6, 6.07) is 9.38. The highest BCUT2D eigenvalue weighted by atomic mass is 32.1. The summed E-state index contributed by atoms with van der Waals surface area (Å²) >= 11 is 5.81. The summed E-state index contributed by atoms with van der Waals surface area (Å²) in [5.41, 5.74) is 1.51. The van der Waals surface area contributed by atoms with E-state index in [0.29, 0.717) is 35.9 Å². The highest BCUT2D eigenvalue weighted by Crippen LogP contribution is 2.48. The molecule has 1 saturated heterocycles. The Balaban J connectivity index is 1.58.